The molecule has 1 aliphatic rings. The van der Waals surface area contributed by atoms with E-state index in [0.717, 1.165) is 30.6 Å². The third kappa shape index (κ3) is 4.95. The van der Waals surface area contributed by atoms with Gasteiger partial charge in [-0.3, -0.25) is 4.98 Å². The summed E-state index contributed by atoms with van der Waals surface area (Å²) in [6, 6.07) is 12.2. The van der Waals surface area contributed by atoms with Crippen molar-refractivity contribution < 1.29 is 4.79 Å². The molecule has 1 fully saturated rings. The Morgan fingerprint density at radius 1 is 1.24 bits per heavy atom. The number of amides is 2. The normalized spacial score (nSPS) is 15.0. The lowest BCUT2D eigenvalue weighted by Crippen LogP contribution is -2.38. The Balaban J connectivity index is 1.48. The van der Waals surface area contributed by atoms with Crippen LogP contribution in [0.3, 0.4) is 0 Å². The van der Waals surface area contributed by atoms with Gasteiger partial charge in [-0.2, -0.15) is 0 Å². The topological polar surface area (TPSA) is 57.3 Å². The first-order valence-corrected chi connectivity index (χ1v) is 9.00. The molecule has 25 heavy (non-hydrogen) atoms. The van der Waals surface area contributed by atoms with E-state index >= 15 is 0 Å². The summed E-state index contributed by atoms with van der Waals surface area (Å²) in [4.78, 5) is 18.6. The SMILES string of the molecule is C[C@@H](NC(=O)NCCc1cccnc1)c1cccc(N2CCCC2)c1. The van der Waals surface area contributed by atoms with Crippen molar-refractivity contribution >= 4 is 11.7 Å². The summed E-state index contributed by atoms with van der Waals surface area (Å²) in [5, 5.41) is 5.93. The van der Waals surface area contributed by atoms with Crippen LogP contribution in [-0.4, -0.2) is 30.6 Å². The van der Waals surface area contributed by atoms with Gasteiger partial charge in [-0.25, -0.2) is 4.79 Å². The largest absolute Gasteiger partial charge is 0.372 e. The summed E-state index contributed by atoms with van der Waals surface area (Å²) in [5.41, 5.74) is 3.50. The standard InChI is InChI=1S/C20H26N4O/c1-16(18-7-4-8-19(14-18)24-12-2-3-13-24)23-20(25)22-11-9-17-6-5-10-21-15-17/h4-8,10,14-16H,2-3,9,11-13H2,1H3,(H2,22,23,25)/t16-/m1/s1. The zero-order valence-electron chi connectivity index (χ0n) is 14.7. The molecule has 1 aromatic heterocycles. The van der Waals surface area contributed by atoms with Gasteiger partial charge in [0, 0.05) is 37.7 Å². The van der Waals surface area contributed by atoms with E-state index in [9.17, 15) is 4.79 Å². The fourth-order valence-electron chi connectivity index (χ4n) is 3.16. The van der Waals surface area contributed by atoms with Gasteiger partial charge in [0.1, 0.15) is 0 Å². The minimum absolute atomic E-state index is 0.0269. The van der Waals surface area contributed by atoms with Crippen molar-refractivity contribution in [2.75, 3.05) is 24.5 Å². The Kier molecular flexibility index (Phi) is 5.88. The van der Waals surface area contributed by atoms with Crippen LogP contribution in [0, 0.1) is 0 Å². The summed E-state index contributed by atoms with van der Waals surface area (Å²) in [5.74, 6) is 0. The van der Waals surface area contributed by atoms with Crippen LogP contribution < -0.4 is 15.5 Å². The molecular formula is C20H26N4O. The summed E-state index contributed by atoms with van der Waals surface area (Å²) >= 11 is 0. The van der Waals surface area contributed by atoms with Gasteiger partial charge < -0.3 is 15.5 Å². The monoisotopic (exact) mass is 338 g/mol. The highest BCUT2D eigenvalue weighted by molar-refractivity contribution is 5.74. The number of benzene rings is 1. The van der Waals surface area contributed by atoms with Gasteiger partial charge in [0.25, 0.3) is 0 Å². The maximum absolute atomic E-state index is 12.1. The number of rotatable bonds is 6. The number of nitrogens with one attached hydrogen (secondary N) is 2. The van der Waals surface area contributed by atoms with E-state index in [0.29, 0.717) is 6.54 Å². The fraction of sp³-hybridized carbons (Fsp3) is 0.400. The molecule has 2 N–H and O–H groups in total. The van der Waals surface area contributed by atoms with Crippen molar-refractivity contribution in [2.24, 2.45) is 0 Å². The Morgan fingerprint density at radius 3 is 2.84 bits per heavy atom. The van der Waals surface area contributed by atoms with Crippen LogP contribution in [0.15, 0.2) is 48.8 Å². The van der Waals surface area contributed by atoms with Crippen molar-refractivity contribution in [3.63, 3.8) is 0 Å². The van der Waals surface area contributed by atoms with Crippen LogP contribution in [0.2, 0.25) is 0 Å². The van der Waals surface area contributed by atoms with E-state index in [1.165, 1.54) is 18.5 Å². The first kappa shape index (κ1) is 17.3. The molecule has 0 bridgehead atoms. The number of hydrogen-bond acceptors (Lipinski definition) is 3. The lowest BCUT2D eigenvalue weighted by atomic mass is 10.1. The Morgan fingerprint density at radius 2 is 2.08 bits per heavy atom. The molecule has 1 saturated heterocycles. The van der Waals surface area contributed by atoms with E-state index in [-0.39, 0.29) is 12.1 Å². The van der Waals surface area contributed by atoms with Gasteiger partial charge >= 0.3 is 6.03 Å². The second-order valence-electron chi connectivity index (χ2n) is 6.52. The van der Waals surface area contributed by atoms with Crippen molar-refractivity contribution in [2.45, 2.75) is 32.2 Å². The highest BCUT2D eigenvalue weighted by Gasteiger charge is 2.14. The second kappa shape index (κ2) is 8.51. The van der Waals surface area contributed by atoms with Gasteiger partial charge in [-0.15, -0.1) is 0 Å². The molecule has 1 aliphatic heterocycles. The molecule has 0 saturated carbocycles. The number of carbonyl (C=O) groups excluding carboxylic acids is 1. The molecule has 2 aromatic rings. The zero-order valence-corrected chi connectivity index (χ0v) is 14.7. The lowest BCUT2D eigenvalue weighted by Gasteiger charge is -2.21. The van der Waals surface area contributed by atoms with Gasteiger partial charge in [0.15, 0.2) is 0 Å². The van der Waals surface area contributed by atoms with E-state index in [1.807, 2.05) is 25.3 Å². The van der Waals surface area contributed by atoms with Gasteiger partial charge in [0.2, 0.25) is 0 Å². The first-order chi connectivity index (χ1) is 12.2. The molecule has 2 heterocycles. The number of urea groups is 1. The number of anilines is 1. The summed E-state index contributed by atoms with van der Waals surface area (Å²) in [7, 11) is 0. The Labute approximate surface area is 149 Å². The molecule has 5 heteroatoms. The second-order valence-corrected chi connectivity index (χ2v) is 6.52. The average molecular weight is 338 g/mol. The highest BCUT2D eigenvalue weighted by Crippen LogP contribution is 2.23. The van der Waals surface area contributed by atoms with E-state index in [1.54, 1.807) is 6.20 Å². The third-order valence-electron chi connectivity index (χ3n) is 4.61. The maximum atomic E-state index is 12.1. The molecule has 1 atom stereocenters. The van der Waals surface area contributed by atoms with Crippen LogP contribution in [0.25, 0.3) is 0 Å². The summed E-state index contributed by atoms with van der Waals surface area (Å²) in [6.45, 7) is 4.86. The highest BCUT2D eigenvalue weighted by atomic mass is 16.2. The molecule has 0 aliphatic carbocycles. The van der Waals surface area contributed by atoms with Crippen molar-refractivity contribution in [3.8, 4) is 0 Å². The van der Waals surface area contributed by atoms with Gasteiger partial charge in [0.05, 0.1) is 6.04 Å². The molecule has 0 spiro atoms. The van der Waals surface area contributed by atoms with Crippen LogP contribution in [0.5, 0.6) is 0 Å². The molecule has 3 rings (SSSR count). The predicted octanol–water partition coefficient (Wildman–Crippen LogP) is 3.28. The fourth-order valence-corrected chi connectivity index (χ4v) is 3.16. The van der Waals surface area contributed by atoms with Crippen molar-refractivity contribution in [3.05, 3.63) is 59.9 Å². The zero-order chi connectivity index (χ0) is 17.5. The van der Waals surface area contributed by atoms with E-state index < -0.39 is 0 Å². The van der Waals surface area contributed by atoms with Gasteiger partial charge in [-0.05, 0) is 55.5 Å². The lowest BCUT2D eigenvalue weighted by molar-refractivity contribution is 0.238. The maximum Gasteiger partial charge on any atom is 0.315 e. The minimum Gasteiger partial charge on any atom is -0.372 e. The van der Waals surface area contributed by atoms with Crippen molar-refractivity contribution in [1.82, 2.24) is 15.6 Å². The van der Waals surface area contributed by atoms with Crippen molar-refractivity contribution in [1.29, 1.82) is 0 Å². The molecule has 0 radical (unpaired) electrons. The molecule has 1 aromatic carbocycles. The number of pyridine rings is 1. The van der Waals surface area contributed by atoms with Crippen LogP contribution >= 0.6 is 0 Å². The predicted molar refractivity (Wildman–Crippen MR) is 101 cm³/mol. The Hall–Kier alpha value is -2.56. The summed E-state index contributed by atoms with van der Waals surface area (Å²) < 4.78 is 0. The van der Waals surface area contributed by atoms with Gasteiger partial charge in [-0.1, -0.05) is 18.2 Å². The van der Waals surface area contributed by atoms with E-state index in [4.69, 9.17) is 0 Å². The number of aromatic nitrogens is 1. The number of carbonyl (C=O) groups is 1. The molecule has 0 unspecified atom stereocenters. The molecule has 132 valence electrons. The smallest absolute Gasteiger partial charge is 0.315 e. The minimum atomic E-state index is -0.136. The van der Waals surface area contributed by atoms with Crippen LogP contribution in [0.1, 0.15) is 36.9 Å². The first-order valence-electron chi connectivity index (χ1n) is 9.00. The van der Waals surface area contributed by atoms with E-state index in [2.05, 4.69) is 44.8 Å². The van der Waals surface area contributed by atoms with Crippen LogP contribution in [-0.2, 0) is 6.42 Å². The number of hydrogen-bond donors (Lipinski definition) is 2. The summed E-state index contributed by atoms with van der Waals surface area (Å²) in [6.07, 6.45) is 6.88. The quantitative estimate of drug-likeness (QED) is 0.850. The third-order valence-corrected chi connectivity index (χ3v) is 4.61. The van der Waals surface area contributed by atoms with Crippen LogP contribution in [0.4, 0.5) is 10.5 Å². The Bertz CT molecular complexity index is 683. The molecule has 2 amide bonds. The molecular weight excluding hydrogens is 312 g/mol. The molecule has 5 nitrogen and oxygen atoms in total. The number of nitrogens with zero attached hydrogens (tertiary/aromatic N) is 2. The average Bonchev–Trinajstić information content (AvgIpc) is 3.17.